The highest BCUT2D eigenvalue weighted by Gasteiger charge is 2.20. The minimum atomic E-state index is -0.811. The maximum absolute atomic E-state index is 11.1. The number of rotatable bonds is 5. The molecule has 100 valence electrons. The normalized spacial score (nSPS) is 12.8. The molecule has 0 aliphatic carbocycles. The van der Waals surface area contributed by atoms with Crippen LogP contribution in [0.1, 0.15) is 30.5 Å². The van der Waals surface area contributed by atoms with Crippen LogP contribution in [0, 0.1) is 19.8 Å². The highest BCUT2D eigenvalue weighted by atomic mass is 35.5. The van der Waals surface area contributed by atoms with E-state index in [1.165, 1.54) is 0 Å². The van der Waals surface area contributed by atoms with E-state index in [1.54, 1.807) is 0 Å². The van der Waals surface area contributed by atoms with Crippen molar-refractivity contribution in [1.29, 1.82) is 0 Å². The fraction of sp³-hybridized carbons (Fsp3) is 0.500. The van der Waals surface area contributed by atoms with Crippen molar-refractivity contribution in [3.63, 3.8) is 0 Å². The molecule has 1 aromatic rings. The largest absolute Gasteiger partial charge is 0.480 e. The molecule has 0 unspecified atom stereocenters. The quantitative estimate of drug-likeness (QED) is 0.863. The number of aliphatic carboxylic acids is 1. The first kappa shape index (κ1) is 15.0. The zero-order chi connectivity index (χ0) is 13.9. The summed E-state index contributed by atoms with van der Waals surface area (Å²) in [7, 11) is 0. The molecule has 0 bridgehead atoms. The van der Waals surface area contributed by atoms with Crippen LogP contribution in [0.5, 0.6) is 0 Å². The maximum Gasteiger partial charge on any atom is 0.320 e. The number of aryl methyl sites for hydroxylation is 2. The van der Waals surface area contributed by atoms with Gasteiger partial charge < -0.3 is 10.4 Å². The predicted molar refractivity (Wildman–Crippen MR) is 74.0 cm³/mol. The molecule has 0 heterocycles. The lowest BCUT2D eigenvalue weighted by molar-refractivity contribution is -0.140. The zero-order valence-electron chi connectivity index (χ0n) is 11.2. The molecule has 0 fully saturated rings. The van der Waals surface area contributed by atoms with Gasteiger partial charge in [-0.15, -0.1) is 0 Å². The molecule has 0 aromatic heterocycles. The van der Waals surface area contributed by atoms with Crippen LogP contribution in [0.15, 0.2) is 12.1 Å². The van der Waals surface area contributed by atoms with Crippen LogP contribution in [0.2, 0.25) is 5.02 Å². The summed E-state index contributed by atoms with van der Waals surface area (Å²) in [6.07, 6.45) is 0. The van der Waals surface area contributed by atoms with Crippen molar-refractivity contribution in [2.45, 2.75) is 40.3 Å². The van der Waals surface area contributed by atoms with Gasteiger partial charge in [0.05, 0.1) is 0 Å². The fourth-order valence-corrected chi connectivity index (χ4v) is 2.37. The molecule has 0 aliphatic heterocycles. The molecule has 3 nitrogen and oxygen atoms in total. The van der Waals surface area contributed by atoms with Crippen molar-refractivity contribution < 1.29 is 9.90 Å². The van der Waals surface area contributed by atoms with Gasteiger partial charge in [-0.1, -0.05) is 25.4 Å². The first-order valence-corrected chi connectivity index (χ1v) is 6.42. The monoisotopic (exact) mass is 269 g/mol. The molecule has 2 N–H and O–H groups in total. The Morgan fingerprint density at radius 2 is 1.83 bits per heavy atom. The van der Waals surface area contributed by atoms with Crippen molar-refractivity contribution in [1.82, 2.24) is 5.32 Å². The van der Waals surface area contributed by atoms with Gasteiger partial charge in [-0.2, -0.15) is 0 Å². The maximum atomic E-state index is 11.1. The number of nitrogens with one attached hydrogen (secondary N) is 1. The van der Waals surface area contributed by atoms with Gasteiger partial charge in [0.15, 0.2) is 0 Å². The first-order chi connectivity index (χ1) is 8.32. The summed E-state index contributed by atoms with van der Waals surface area (Å²) in [5.74, 6) is -0.760. The number of benzene rings is 1. The standard InChI is InChI=1S/C14H20ClNO2/c1-8(2)13(14(17)18)16-7-12-9(3)5-11(15)6-10(12)4/h5-6,8,13,16H,7H2,1-4H3,(H,17,18)/t13-/m1/s1. The number of halogens is 1. The molecular weight excluding hydrogens is 250 g/mol. The van der Waals surface area contributed by atoms with E-state index in [9.17, 15) is 4.79 Å². The Kier molecular flexibility index (Phi) is 5.17. The predicted octanol–water partition coefficient (Wildman–Crippen LogP) is 3.16. The number of hydrogen-bond donors (Lipinski definition) is 2. The molecule has 1 rings (SSSR count). The Bertz CT molecular complexity index is 420. The van der Waals surface area contributed by atoms with Gasteiger partial charge >= 0.3 is 5.97 Å². The SMILES string of the molecule is Cc1cc(Cl)cc(C)c1CN[C@@H](C(=O)O)C(C)C. The Morgan fingerprint density at radius 3 is 2.22 bits per heavy atom. The Morgan fingerprint density at radius 1 is 1.33 bits per heavy atom. The zero-order valence-corrected chi connectivity index (χ0v) is 12.0. The lowest BCUT2D eigenvalue weighted by Gasteiger charge is -2.19. The number of carbonyl (C=O) groups is 1. The number of carboxylic acid groups (broad SMARTS) is 1. The lowest BCUT2D eigenvalue weighted by atomic mass is 10.0. The Balaban J connectivity index is 2.83. The van der Waals surface area contributed by atoms with E-state index in [2.05, 4.69) is 5.32 Å². The molecule has 18 heavy (non-hydrogen) atoms. The average Bonchev–Trinajstić information content (AvgIpc) is 2.20. The van der Waals surface area contributed by atoms with E-state index in [-0.39, 0.29) is 5.92 Å². The second kappa shape index (κ2) is 6.21. The Labute approximate surface area is 113 Å². The van der Waals surface area contributed by atoms with Gasteiger partial charge in [0.2, 0.25) is 0 Å². The third-order valence-electron chi connectivity index (χ3n) is 3.09. The molecule has 0 aliphatic rings. The fourth-order valence-electron chi connectivity index (χ4n) is 2.04. The molecule has 1 atom stereocenters. The van der Waals surface area contributed by atoms with Gasteiger partial charge in [-0.3, -0.25) is 4.79 Å². The summed E-state index contributed by atoms with van der Waals surface area (Å²) in [6.45, 7) is 8.31. The average molecular weight is 270 g/mol. The van der Waals surface area contributed by atoms with Crippen molar-refractivity contribution in [2.75, 3.05) is 0 Å². The summed E-state index contributed by atoms with van der Waals surface area (Å²) in [5, 5.41) is 12.9. The van der Waals surface area contributed by atoms with Gasteiger partial charge in [0, 0.05) is 11.6 Å². The third kappa shape index (κ3) is 3.72. The van der Waals surface area contributed by atoms with E-state index in [0.29, 0.717) is 11.6 Å². The summed E-state index contributed by atoms with van der Waals surface area (Å²) in [6, 6.07) is 3.27. The minimum absolute atomic E-state index is 0.0513. The number of hydrogen-bond acceptors (Lipinski definition) is 2. The first-order valence-electron chi connectivity index (χ1n) is 6.04. The van der Waals surface area contributed by atoms with E-state index in [0.717, 1.165) is 16.7 Å². The Hall–Kier alpha value is -1.06. The molecule has 0 saturated heterocycles. The highest BCUT2D eigenvalue weighted by molar-refractivity contribution is 6.30. The van der Waals surface area contributed by atoms with Crippen molar-refractivity contribution in [3.8, 4) is 0 Å². The topological polar surface area (TPSA) is 49.3 Å². The van der Waals surface area contributed by atoms with Crippen LogP contribution in [-0.2, 0) is 11.3 Å². The van der Waals surface area contributed by atoms with E-state index < -0.39 is 12.0 Å². The highest BCUT2D eigenvalue weighted by Crippen LogP contribution is 2.20. The second-order valence-electron chi connectivity index (χ2n) is 4.96. The smallest absolute Gasteiger partial charge is 0.320 e. The van der Waals surface area contributed by atoms with Crippen LogP contribution < -0.4 is 5.32 Å². The van der Waals surface area contributed by atoms with Gasteiger partial charge in [-0.05, 0) is 48.6 Å². The van der Waals surface area contributed by atoms with E-state index in [4.69, 9.17) is 16.7 Å². The van der Waals surface area contributed by atoms with Crippen LogP contribution in [0.3, 0.4) is 0 Å². The van der Waals surface area contributed by atoms with E-state index in [1.807, 2.05) is 39.8 Å². The van der Waals surface area contributed by atoms with Crippen LogP contribution >= 0.6 is 11.6 Å². The second-order valence-corrected chi connectivity index (χ2v) is 5.40. The van der Waals surface area contributed by atoms with Crippen LogP contribution in [0.25, 0.3) is 0 Å². The van der Waals surface area contributed by atoms with Gasteiger partial charge in [-0.25, -0.2) is 0 Å². The molecule has 4 heteroatoms. The lowest BCUT2D eigenvalue weighted by Crippen LogP contribution is -2.40. The van der Waals surface area contributed by atoms with Crippen molar-refractivity contribution in [3.05, 3.63) is 33.8 Å². The van der Waals surface area contributed by atoms with Gasteiger partial charge in [0.1, 0.15) is 6.04 Å². The molecule has 0 spiro atoms. The van der Waals surface area contributed by atoms with E-state index >= 15 is 0 Å². The molecule has 0 saturated carbocycles. The summed E-state index contributed by atoms with van der Waals surface area (Å²) in [5.41, 5.74) is 3.28. The van der Waals surface area contributed by atoms with Crippen molar-refractivity contribution >= 4 is 17.6 Å². The van der Waals surface area contributed by atoms with Crippen LogP contribution in [-0.4, -0.2) is 17.1 Å². The summed E-state index contributed by atoms with van der Waals surface area (Å²) < 4.78 is 0. The number of carboxylic acids is 1. The van der Waals surface area contributed by atoms with Crippen molar-refractivity contribution in [2.24, 2.45) is 5.92 Å². The summed E-state index contributed by atoms with van der Waals surface area (Å²) in [4.78, 5) is 11.1. The molecule has 1 aromatic carbocycles. The molecular formula is C14H20ClNO2. The minimum Gasteiger partial charge on any atom is -0.480 e. The van der Waals surface area contributed by atoms with Gasteiger partial charge in [0.25, 0.3) is 0 Å². The van der Waals surface area contributed by atoms with Crippen LogP contribution in [0.4, 0.5) is 0 Å². The third-order valence-corrected chi connectivity index (χ3v) is 3.31. The molecule has 0 amide bonds. The summed E-state index contributed by atoms with van der Waals surface area (Å²) >= 11 is 5.97. The molecule has 0 radical (unpaired) electrons.